The predicted molar refractivity (Wildman–Crippen MR) is 108 cm³/mol. The van der Waals surface area contributed by atoms with Crippen molar-refractivity contribution in [2.75, 3.05) is 52.5 Å². The van der Waals surface area contributed by atoms with Gasteiger partial charge >= 0.3 is 6.03 Å². The lowest BCUT2D eigenvalue weighted by Crippen LogP contribution is -2.56. The van der Waals surface area contributed by atoms with Gasteiger partial charge in [0.05, 0.1) is 19.3 Å². The van der Waals surface area contributed by atoms with Crippen molar-refractivity contribution >= 4 is 17.4 Å². The molecule has 0 bridgehead atoms. The first kappa shape index (κ1) is 21.2. The van der Waals surface area contributed by atoms with E-state index in [9.17, 15) is 4.79 Å². The Balaban J connectivity index is 1.83. The van der Waals surface area contributed by atoms with E-state index in [2.05, 4.69) is 65.0 Å². The molecule has 0 spiro atoms. The van der Waals surface area contributed by atoms with Crippen molar-refractivity contribution in [2.45, 2.75) is 39.3 Å². The van der Waals surface area contributed by atoms with Gasteiger partial charge in [0.15, 0.2) is 0 Å². The predicted octanol–water partition coefficient (Wildman–Crippen LogP) is 2.54. The number of hydrogen-bond donors (Lipinski definition) is 2. The number of amides is 2. The monoisotopic (exact) mass is 382 g/mol. The SMILES string of the molecule is CCN(CC)C(CNC(=O)NCC(C)(C)N1CCOCC1)c1ccsc1. The van der Waals surface area contributed by atoms with Crippen molar-refractivity contribution in [3.8, 4) is 0 Å². The average molecular weight is 383 g/mol. The first-order valence-electron chi connectivity index (χ1n) is 9.58. The first-order valence-corrected chi connectivity index (χ1v) is 10.5. The summed E-state index contributed by atoms with van der Waals surface area (Å²) in [5.41, 5.74) is 1.19. The molecule has 1 atom stereocenters. The molecule has 0 aromatic carbocycles. The molecule has 1 fully saturated rings. The summed E-state index contributed by atoms with van der Waals surface area (Å²) < 4.78 is 5.42. The quantitative estimate of drug-likeness (QED) is 0.689. The number of nitrogens with zero attached hydrogens (tertiary/aromatic N) is 2. The van der Waals surface area contributed by atoms with Gasteiger partial charge in [0.1, 0.15) is 0 Å². The smallest absolute Gasteiger partial charge is 0.314 e. The molecule has 26 heavy (non-hydrogen) atoms. The summed E-state index contributed by atoms with van der Waals surface area (Å²) in [6.45, 7) is 15.2. The molecule has 1 aromatic heterocycles. The van der Waals surface area contributed by atoms with Crippen molar-refractivity contribution in [3.05, 3.63) is 22.4 Å². The van der Waals surface area contributed by atoms with Crippen LogP contribution in [0, 0.1) is 0 Å². The fraction of sp³-hybridized carbons (Fsp3) is 0.737. The van der Waals surface area contributed by atoms with Crippen molar-refractivity contribution in [1.29, 1.82) is 0 Å². The average Bonchev–Trinajstić information content (AvgIpc) is 3.18. The van der Waals surface area contributed by atoms with E-state index in [1.165, 1.54) is 5.56 Å². The highest BCUT2D eigenvalue weighted by molar-refractivity contribution is 7.07. The molecule has 0 radical (unpaired) electrons. The number of likely N-dealkylation sites (N-methyl/N-ethyl adjacent to an activating group) is 1. The van der Waals surface area contributed by atoms with E-state index >= 15 is 0 Å². The number of urea groups is 1. The molecule has 2 N–H and O–H groups in total. The maximum absolute atomic E-state index is 12.4. The topological polar surface area (TPSA) is 56.8 Å². The van der Waals surface area contributed by atoms with Crippen LogP contribution in [0.3, 0.4) is 0 Å². The highest BCUT2D eigenvalue weighted by Crippen LogP contribution is 2.22. The Morgan fingerprint density at radius 3 is 2.58 bits per heavy atom. The fourth-order valence-corrected chi connectivity index (χ4v) is 4.12. The number of nitrogens with one attached hydrogen (secondary N) is 2. The molecule has 7 heteroatoms. The third-order valence-electron chi connectivity index (χ3n) is 5.19. The van der Waals surface area contributed by atoms with Gasteiger partial charge in [-0.1, -0.05) is 13.8 Å². The normalized spacial score (nSPS) is 17.3. The second kappa shape index (κ2) is 10.3. The largest absolute Gasteiger partial charge is 0.379 e. The van der Waals surface area contributed by atoms with E-state index in [0.717, 1.165) is 39.4 Å². The van der Waals surface area contributed by atoms with Gasteiger partial charge in [-0.05, 0) is 49.3 Å². The van der Waals surface area contributed by atoms with Crippen LogP contribution in [-0.4, -0.2) is 73.9 Å². The summed E-state index contributed by atoms with van der Waals surface area (Å²) in [7, 11) is 0. The number of ether oxygens (including phenoxy) is 1. The molecule has 6 nitrogen and oxygen atoms in total. The molecule has 1 saturated heterocycles. The van der Waals surface area contributed by atoms with E-state index < -0.39 is 0 Å². The third-order valence-corrected chi connectivity index (χ3v) is 5.89. The molecular weight excluding hydrogens is 348 g/mol. The summed E-state index contributed by atoms with van der Waals surface area (Å²) in [6, 6.07) is 2.27. The van der Waals surface area contributed by atoms with Crippen LogP contribution in [-0.2, 0) is 4.74 Å². The van der Waals surface area contributed by atoms with Crippen LogP contribution >= 0.6 is 11.3 Å². The van der Waals surface area contributed by atoms with Gasteiger partial charge in [-0.2, -0.15) is 11.3 Å². The molecule has 2 rings (SSSR count). The summed E-state index contributed by atoms with van der Waals surface area (Å²) in [4.78, 5) is 17.1. The van der Waals surface area contributed by atoms with E-state index in [1.54, 1.807) is 11.3 Å². The minimum atomic E-state index is -0.0984. The Kier molecular flexibility index (Phi) is 8.34. The highest BCUT2D eigenvalue weighted by atomic mass is 32.1. The van der Waals surface area contributed by atoms with E-state index in [4.69, 9.17) is 4.74 Å². The van der Waals surface area contributed by atoms with Gasteiger partial charge in [0.2, 0.25) is 0 Å². The maximum Gasteiger partial charge on any atom is 0.314 e. The highest BCUT2D eigenvalue weighted by Gasteiger charge is 2.28. The Bertz CT molecular complexity index is 526. The molecule has 0 saturated carbocycles. The van der Waals surface area contributed by atoms with Crippen LogP contribution in [0.2, 0.25) is 0 Å². The zero-order chi connectivity index (χ0) is 19.0. The molecule has 1 aliphatic heterocycles. The summed E-state index contributed by atoms with van der Waals surface area (Å²) in [5.74, 6) is 0. The molecular formula is C19H34N4O2S. The zero-order valence-corrected chi connectivity index (χ0v) is 17.4. The van der Waals surface area contributed by atoms with Crippen LogP contribution in [0.1, 0.15) is 39.3 Å². The summed E-state index contributed by atoms with van der Waals surface area (Å²) in [6.07, 6.45) is 0. The number of carbonyl (C=O) groups excluding carboxylic acids is 1. The van der Waals surface area contributed by atoms with Gasteiger partial charge in [-0.15, -0.1) is 0 Å². The summed E-state index contributed by atoms with van der Waals surface area (Å²) >= 11 is 1.70. The molecule has 1 unspecified atom stereocenters. The fourth-order valence-electron chi connectivity index (χ4n) is 3.42. The number of rotatable bonds is 9. The van der Waals surface area contributed by atoms with Gasteiger partial charge in [-0.25, -0.2) is 4.79 Å². The zero-order valence-electron chi connectivity index (χ0n) is 16.6. The first-order chi connectivity index (χ1) is 12.5. The number of morpholine rings is 1. The lowest BCUT2D eigenvalue weighted by molar-refractivity contribution is -0.00875. The minimum absolute atomic E-state index is 0.0766. The molecule has 1 aliphatic rings. The molecule has 148 valence electrons. The van der Waals surface area contributed by atoms with Crippen molar-refractivity contribution in [2.24, 2.45) is 0 Å². The molecule has 2 amide bonds. The van der Waals surface area contributed by atoms with Crippen molar-refractivity contribution in [1.82, 2.24) is 20.4 Å². The second-order valence-corrected chi connectivity index (χ2v) is 8.05. The minimum Gasteiger partial charge on any atom is -0.379 e. The molecule has 1 aromatic rings. The van der Waals surface area contributed by atoms with Crippen LogP contribution < -0.4 is 10.6 Å². The van der Waals surface area contributed by atoms with Crippen molar-refractivity contribution in [3.63, 3.8) is 0 Å². The third kappa shape index (κ3) is 5.94. The molecule has 0 aliphatic carbocycles. The standard InChI is InChI=1S/C19H34N4O2S/c1-5-22(6-2)17(16-7-12-26-14-16)13-20-18(24)21-15-19(3,4)23-8-10-25-11-9-23/h7,12,14,17H,5-6,8-11,13,15H2,1-4H3,(H2,20,21,24). The van der Waals surface area contributed by atoms with Gasteiger partial charge in [-0.3, -0.25) is 9.80 Å². The number of hydrogen-bond acceptors (Lipinski definition) is 5. The van der Waals surface area contributed by atoms with Crippen LogP contribution in [0.15, 0.2) is 16.8 Å². The van der Waals surface area contributed by atoms with E-state index in [0.29, 0.717) is 13.1 Å². The Morgan fingerprint density at radius 2 is 2.00 bits per heavy atom. The number of carbonyl (C=O) groups is 1. The lowest BCUT2D eigenvalue weighted by Gasteiger charge is -2.40. The second-order valence-electron chi connectivity index (χ2n) is 7.27. The van der Waals surface area contributed by atoms with Crippen LogP contribution in [0.25, 0.3) is 0 Å². The van der Waals surface area contributed by atoms with E-state index in [1.807, 2.05) is 0 Å². The van der Waals surface area contributed by atoms with Crippen molar-refractivity contribution < 1.29 is 9.53 Å². The Labute approximate surface area is 161 Å². The van der Waals surface area contributed by atoms with E-state index in [-0.39, 0.29) is 17.6 Å². The molecule has 2 heterocycles. The summed E-state index contributed by atoms with van der Waals surface area (Å²) in [5, 5.41) is 10.4. The van der Waals surface area contributed by atoms with Gasteiger partial charge < -0.3 is 15.4 Å². The Hall–Kier alpha value is -1.15. The Morgan fingerprint density at radius 1 is 1.31 bits per heavy atom. The van der Waals surface area contributed by atoms with Crippen LogP contribution in [0.4, 0.5) is 4.79 Å². The van der Waals surface area contributed by atoms with Crippen LogP contribution in [0.5, 0.6) is 0 Å². The van der Waals surface area contributed by atoms with Gasteiger partial charge in [0, 0.05) is 31.7 Å². The maximum atomic E-state index is 12.4. The van der Waals surface area contributed by atoms with Gasteiger partial charge in [0.25, 0.3) is 0 Å². The number of thiophene rings is 1. The lowest BCUT2D eigenvalue weighted by atomic mass is 10.0.